The Bertz CT molecular complexity index is 2860. The molecule has 2 aromatic carbocycles. The van der Waals surface area contributed by atoms with Crippen LogP contribution in [0.3, 0.4) is 0 Å². The summed E-state index contributed by atoms with van der Waals surface area (Å²) in [7, 11) is 0. The van der Waals surface area contributed by atoms with Crippen molar-refractivity contribution in [2.45, 2.75) is 65.0 Å². The molecule has 0 spiro atoms. The van der Waals surface area contributed by atoms with E-state index in [1.807, 2.05) is 42.8 Å². The maximum atomic E-state index is 16.7. The van der Waals surface area contributed by atoms with Crippen molar-refractivity contribution in [3.8, 4) is 5.00 Å². The zero-order valence-corrected chi connectivity index (χ0v) is 34.0. The molecule has 18 heteroatoms. The van der Waals surface area contributed by atoms with E-state index < -0.39 is 103 Å². The minimum absolute atomic E-state index is 0.106. The molecule has 0 bridgehead atoms. The second-order valence-corrected chi connectivity index (χ2v) is 16.9. The predicted molar refractivity (Wildman–Crippen MR) is 219 cm³/mol. The highest BCUT2D eigenvalue weighted by Gasteiger charge is 2.47. The number of hydrogen-bond donors (Lipinski definition) is 1. The highest BCUT2D eigenvalue weighted by atomic mass is 35.5. The molecular weight excluding hydrogens is 816 g/mol. The lowest BCUT2D eigenvalue weighted by molar-refractivity contribution is -0.136. The lowest BCUT2D eigenvalue weighted by atomic mass is 9.95. The van der Waals surface area contributed by atoms with Gasteiger partial charge in [-0.1, -0.05) is 23.7 Å². The molecule has 60 heavy (non-hydrogen) atoms. The molecule has 0 aliphatic carbocycles. The van der Waals surface area contributed by atoms with E-state index in [-0.39, 0.29) is 56.0 Å². The van der Waals surface area contributed by atoms with Crippen LogP contribution in [-0.4, -0.2) is 116 Å². The monoisotopic (exact) mass is 865 g/mol. The van der Waals surface area contributed by atoms with Crippen LogP contribution in [0.15, 0.2) is 35.3 Å². The number of carbonyl (C=O) groups excluding carboxylic acids is 5. The third-order valence-electron chi connectivity index (χ3n) is 11.5. The van der Waals surface area contributed by atoms with Crippen LogP contribution in [0.5, 0.6) is 0 Å². The van der Waals surface area contributed by atoms with Gasteiger partial charge in [0.1, 0.15) is 34.4 Å². The van der Waals surface area contributed by atoms with Gasteiger partial charge < -0.3 is 9.80 Å². The average molecular weight is 866 g/mol. The highest BCUT2D eigenvalue weighted by Crippen LogP contribution is 2.41. The summed E-state index contributed by atoms with van der Waals surface area (Å²) in [5.41, 5.74) is -0.371. The van der Waals surface area contributed by atoms with Gasteiger partial charge >= 0.3 is 0 Å². The fourth-order valence-corrected chi connectivity index (χ4v) is 9.62. The first-order valence-corrected chi connectivity index (χ1v) is 20.5. The predicted octanol–water partition coefficient (Wildman–Crippen LogP) is 4.93. The van der Waals surface area contributed by atoms with Gasteiger partial charge in [0, 0.05) is 78.6 Å². The van der Waals surface area contributed by atoms with Crippen LogP contribution in [0.25, 0.3) is 5.00 Å². The Morgan fingerprint density at radius 2 is 1.68 bits per heavy atom. The number of nitrogens with zero attached hydrogens (tertiary/aromatic N) is 8. The maximum absolute atomic E-state index is 16.7. The number of aryl methyl sites for hydroxylation is 2. The Morgan fingerprint density at radius 3 is 2.38 bits per heavy atom. The number of likely N-dealkylation sites (tertiary alicyclic amines) is 1. The molecule has 5 amide bonds. The Labute approximate surface area is 364 Å². The van der Waals surface area contributed by atoms with Crippen molar-refractivity contribution in [3.05, 3.63) is 91.3 Å². The Hall–Kier alpha value is -5.39. The fourth-order valence-electron chi connectivity index (χ4n) is 8.28. The van der Waals surface area contributed by atoms with Gasteiger partial charge in [-0.05, 0) is 69.7 Å². The van der Waals surface area contributed by atoms with Crippen molar-refractivity contribution in [1.29, 1.82) is 0 Å². The first-order valence-electron chi connectivity index (χ1n) is 23.3. The molecule has 2 aromatic heterocycles. The van der Waals surface area contributed by atoms with Crippen LogP contribution < -0.4 is 10.2 Å². The summed E-state index contributed by atoms with van der Waals surface area (Å²) in [5, 5.41) is 12.2. The summed E-state index contributed by atoms with van der Waals surface area (Å²) >= 11 is 7.80. The molecule has 1 unspecified atom stereocenters. The van der Waals surface area contributed by atoms with Crippen LogP contribution in [0, 0.1) is 38.3 Å². The summed E-state index contributed by atoms with van der Waals surface area (Å²) in [6.45, 7) is -9.12. The first-order chi connectivity index (χ1) is 31.8. The van der Waals surface area contributed by atoms with E-state index in [9.17, 15) is 24.0 Å². The van der Waals surface area contributed by atoms with Gasteiger partial charge in [-0.15, -0.1) is 21.5 Å². The van der Waals surface area contributed by atoms with Gasteiger partial charge in [0.2, 0.25) is 17.7 Å². The number of piperidine rings is 2. The molecule has 14 nitrogen and oxygen atoms in total. The third kappa shape index (κ3) is 6.89. The van der Waals surface area contributed by atoms with Crippen LogP contribution in [0.1, 0.15) is 103 Å². The first kappa shape index (κ1) is 31.5. The molecule has 3 fully saturated rings. The molecule has 5 aliphatic heterocycles. The number of halogens is 3. The summed E-state index contributed by atoms with van der Waals surface area (Å²) in [5.74, 6) is -8.18. The van der Waals surface area contributed by atoms with Crippen LogP contribution in [0.2, 0.25) is 5.02 Å². The van der Waals surface area contributed by atoms with Crippen molar-refractivity contribution < 1.29 is 43.7 Å². The lowest BCUT2D eigenvalue weighted by Gasteiger charge is -2.40. The zero-order valence-electron chi connectivity index (χ0n) is 40.4. The molecule has 5 aliphatic rings. The third-order valence-corrected chi connectivity index (χ3v) is 13.0. The number of benzene rings is 2. The molecule has 7 heterocycles. The molecule has 1 N–H and O–H groups in total. The van der Waals surface area contributed by atoms with Gasteiger partial charge in [0.25, 0.3) is 11.8 Å². The molecule has 9 rings (SSSR count). The van der Waals surface area contributed by atoms with Gasteiger partial charge in [-0.25, -0.2) is 8.78 Å². The van der Waals surface area contributed by atoms with E-state index >= 15 is 8.78 Å². The molecular formula is C42H42ClF2N9O5S. The lowest BCUT2D eigenvalue weighted by Crippen LogP contribution is -2.54. The number of anilines is 1. The van der Waals surface area contributed by atoms with Gasteiger partial charge in [0.15, 0.2) is 11.6 Å². The summed E-state index contributed by atoms with van der Waals surface area (Å²) < 4.78 is 107. The molecule has 3 saturated heterocycles. The number of fused-ring (bicyclic) bond motifs is 4. The summed E-state index contributed by atoms with van der Waals surface area (Å²) in [6, 6.07) is 5.20. The normalized spacial score (nSPS) is 26.5. The number of aromatic nitrogens is 3. The molecule has 0 radical (unpaired) electrons. The fraction of sp³-hybridized carbons (Fsp3) is 0.429. The van der Waals surface area contributed by atoms with Gasteiger partial charge in [-0.3, -0.25) is 48.6 Å². The standard InChI is InChI=1S/C42H42ClF2N9O5S/c1-21-22(2)60-42-33(21)36(25-4-6-26(43)7-5-25)46-29(38-49-48-23(3)53(38)42)19-32(56)51-12-10-24(11-13-51)20-50-14-16-52(17-15-50)37-28(44)18-27-34(35(37)45)41(59)54(40(27)58)30-8-9-31(55)47-39(30)57/h4-7,18,24,29-30H,8-17,19-20H2,1-3H3,(H,47,55,57)/t29-,30?/m0/s1/i14D2,15D2,16D2,17D2. The van der Waals surface area contributed by atoms with Crippen LogP contribution >= 0.6 is 22.9 Å². The number of nitrogens with one attached hydrogen (secondary N) is 1. The van der Waals surface area contributed by atoms with E-state index in [0.717, 1.165) is 26.6 Å². The average Bonchev–Trinajstić information content (AvgIpc) is 3.84. The van der Waals surface area contributed by atoms with Gasteiger partial charge in [0.05, 0.1) is 28.7 Å². The number of thiophene rings is 1. The van der Waals surface area contributed by atoms with E-state index in [2.05, 4.69) is 10.2 Å². The second-order valence-electron chi connectivity index (χ2n) is 15.2. The summed E-state index contributed by atoms with van der Waals surface area (Å²) in [4.78, 5) is 73.5. The van der Waals surface area contributed by atoms with E-state index in [1.165, 1.54) is 0 Å². The minimum atomic E-state index is -3.77. The van der Waals surface area contributed by atoms with E-state index in [1.54, 1.807) is 28.4 Å². The van der Waals surface area contributed by atoms with Crippen molar-refractivity contribution in [1.82, 2.24) is 34.8 Å². The highest BCUT2D eigenvalue weighted by molar-refractivity contribution is 7.15. The number of amides is 5. The van der Waals surface area contributed by atoms with Crippen LogP contribution in [-0.2, 0) is 14.4 Å². The number of carbonyl (C=O) groups is 5. The number of piperazine rings is 1. The quantitative estimate of drug-likeness (QED) is 0.255. The molecule has 4 aromatic rings. The van der Waals surface area contributed by atoms with Crippen LogP contribution in [0.4, 0.5) is 14.5 Å². The number of hydrogen-bond acceptors (Lipinski definition) is 11. The second kappa shape index (κ2) is 15.6. The van der Waals surface area contributed by atoms with E-state index in [0.29, 0.717) is 38.2 Å². The van der Waals surface area contributed by atoms with Crippen molar-refractivity contribution in [2.24, 2.45) is 10.9 Å². The minimum Gasteiger partial charge on any atom is -0.364 e. The largest absolute Gasteiger partial charge is 0.364 e. The zero-order chi connectivity index (χ0) is 49.3. The number of imide groups is 2. The topological polar surface area (TPSA) is 153 Å². The number of rotatable bonds is 7. The molecule has 0 saturated carbocycles. The SMILES string of the molecule is [2H]C1([2H])N(CC2CCN(C(=O)C[C@@H]3N=C(c4ccc(Cl)cc4)c4c(sc(C)c4C)-n4c(C)nnc43)CC2)C([2H])([2H])C([2H])([2H])N(c2c(F)cc3c(c2F)C(=O)N(C2CCC(=O)NC2=O)C3=O)C1([2H])[2H]. The smallest absolute Gasteiger partial charge is 0.265 e. The molecule has 2 atom stereocenters. The Morgan fingerprint density at radius 1 is 0.967 bits per heavy atom. The maximum Gasteiger partial charge on any atom is 0.265 e. The van der Waals surface area contributed by atoms with Crippen molar-refractivity contribution in [2.75, 3.05) is 50.5 Å². The van der Waals surface area contributed by atoms with Crippen molar-refractivity contribution >= 4 is 63.9 Å². The number of aliphatic imine (C=N–C) groups is 1. The summed E-state index contributed by atoms with van der Waals surface area (Å²) in [6.07, 6.45) is -0.410. The van der Waals surface area contributed by atoms with Gasteiger partial charge in [-0.2, -0.15) is 0 Å². The molecule has 312 valence electrons. The van der Waals surface area contributed by atoms with Crippen molar-refractivity contribution in [3.63, 3.8) is 0 Å². The Balaban J connectivity index is 0.947. The van der Waals surface area contributed by atoms with E-state index in [4.69, 9.17) is 27.6 Å². The Kier molecular flexibility index (Phi) is 8.17.